The predicted molar refractivity (Wildman–Crippen MR) is 63.1 cm³/mol. The topological polar surface area (TPSA) is 45.9 Å². The van der Waals surface area contributed by atoms with Crippen molar-refractivity contribution in [2.45, 2.75) is 0 Å². The van der Waals surface area contributed by atoms with E-state index in [1.165, 1.54) is 36.7 Å². The monoisotopic (exact) mass is 292 g/mol. The van der Waals surface area contributed by atoms with Crippen LogP contribution in [0.15, 0.2) is 41.1 Å². The first-order valence-electron chi connectivity index (χ1n) is 4.67. The van der Waals surface area contributed by atoms with E-state index in [9.17, 15) is 4.39 Å². The lowest BCUT2D eigenvalue weighted by Gasteiger charge is -2.08. The molecule has 0 spiro atoms. The Morgan fingerprint density at radius 1 is 1.29 bits per heavy atom. The van der Waals surface area contributed by atoms with Crippen molar-refractivity contribution in [3.63, 3.8) is 0 Å². The van der Waals surface area contributed by atoms with Crippen molar-refractivity contribution in [3.8, 4) is 17.6 Å². The van der Waals surface area contributed by atoms with Crippen LogP contribution < -0.4 is 4.74 Å². The van der Waals surface area contributed by atoms with E-state index in [4.69, 9.17) is 10.00 Å². The molecule has 2 aromatic rings. The number of aromatic nitrogens is 1. The number of hydrogen-bond donors (Lipinski definition) is 0. The van der Waals surface area contributed by atoms with Crippen LogP contribution in [-0.4, -0.2) is 4.98 Å². The third-order valence-corrected chi connectivity index (χ3v) is 2.67. The number of pyridine rings is 1. The second-order valence-electron chi connectivity index (χ2n) is 3.16. The minimum Gasteiger partial charge on any atom is -0.453 e. The molecule has 0 aliphatic carbocycles. The van der Waals surface area contributed by atoms with Gasteiger partial charge in [-0.05, 0) is 34.1 Å². The summed E-state index contributed by atoms with van der Waals surface area (Å²) in [6.45, 7) is 0. The zero-order chi connectivity index (χ0) is 12.3. The Balaban J connectivity index is 2.38. The van der Waals surface area contributed by atoms with Gasteiger partial charge in [0.25, 0.3) is 0 Å². The van der Waals surface area contributed by atoms with Crippen molar-refractivity contribution in [2.24, 2.45) is 0 Å². The van der Waals surface area contributed by atoms with Gasteiger partial charge in [0.15, 0.2) is 5.75 Å². The Bertz CT molecular complexity index is 595. The normalized spacial score (nSPS) is 9.71. The Morgan fingerprint density at radius 2 is 2.12 bits per heavy atom. The summed E-state index contributed by atoms with van der Waals surface area (Å²) in [6.07, 6.45) is 2.90. The van der Waals surface area contributed by atoms with Gasteiger partial charge < -0.3 is 4.74 Å². The van der Waals surface area contributed by atoms with Gasteiger partial charge in [-0.15, -0.1) is 0 Å². The number of nitriles is 1. The molecule has 2 rings (SSSR count). The summed E-state index contributed by atoms with van der Waals surface area (Å²) in [5, 5.41) is 8.88. The lowest BCUT2D eigenvalue weighted by Crippen LogP contribution is -1.90. The van der Waals surface area contributed by atoms with E-state index in [1.807, 2.05) is 6.07 Å². The summed E-state index contributed by atoms with van der Waals surface area (Å²) in [5.41, 5.74) is 0.344. The van der Waals surface area contributed by atoms with Gasteiger partial charge in [0, 0.05) is 12.3 Å². The summed E-state index contributed by atoms with van der Waals surface area (Å²) in [5.74, 6) is 0.182. The molecule has 0 aliphatic rings. The minimum absolute atomic E-state index is 0.293. The van der Waals surface area contributed by atoms with Crippen molar-refractivity contribution in [1.29, 1.82) is 5.26 Å². The molecular formula is C12H6BrFN2O. The molecular weight excluding hydrogens is 287 g/mol. The lowest BCUT2D eigenvalue weighted by atomic mass is 10.2. The second kappa shape index (κ2) is 4.93. The van der Waals surface area contributed by atoms with Gasteiger partial charge in [0.05, 0.1) is 16.2 Å². The standard InChI is InChI=1S/C12H6BrFN2O/c13-10-2-1-9(14)5-11(10)17-12-7-16-4-3-8(12)6-15/h1-5,7H. The highest BCUT2D eigenvalue weighted by atomic mass is 79.9. The van der Waals surface area contributed by atoms with Crippen LogP contribution in [0.4, 0.5) is 4.39 Å². The molecule has 0 unspecified atom stereocenters. The van der Waals surface area contributed by atoms with Crippen molar-refractivity contribution in [2.75, 3.05) is 0 Å². The fourth-order valence-corrected chi connectivity index (χ4v) is 1.56. The highest BCUT2D eigenvalue weighted by Gasteiger charge is 2.08. The lowest BCUT2D eigenvalue weighted by molar-refractivity contribution is 0.470. The maximum Gasteiger partial charge on any atom is 0.163 e. The number of hydrogen-bond acceptors (Lipinski definition) is 3. The van der Waals surface area contributed by atoms with E-state index in [0.717, 1.165) is 0 Å². The predicted octanol–water partition coefficient (Wildman–Crippen LogP) is 3.65. The molecule has 0 aliphatic heterocycles. The maximum absolute atomic E-state index is 13.1. The molecule has 3 nitrogen and oxygen atoms in total. The van der Waals surface area contributed by atoms with E-state index in [0.29, 0.717) is 21.5 Å². The zero-order valence-corrected chi connectivity index (χ0v) is 10.1. The quantitative estimate of drug-likeness (QED) is 0.849. The first-order valence-corrected chi connectivity index (χ1v) is 5.47. The molecule has 0 amide bonds. The third kappa shape index (κ3) is 2.60. The fourth-order valence-electron chi connectivity index (χ4n) is 1.23. The number of benzene rings is 1. The summed E-state index contributed by atoms with van der Waals surface area (Å²) < 4.78 is 19.1. The van der Waals surface area contributed by atoms with Crippen LogP contribution >= 0.6 is 15.9 Å². The summed E-state index contributed by atoms with van der Waals surface area (Å²) in [7, 11) is 0. The van der Waals surface area contributed by atoms with Gasteiger partial charge in [0.2, 0.25) is 0 Å². The average molecular weight is 293 g/mol. The Morgan fingerprint density at radius 3 is 2.88 bits per heavy atom. The number of halogens is 2. The van der Waals surface area contributed by atoms with Crippen LogP contribution in [-0.2, 0) is 0 Å². The van der Waals surface area contributed by atoms with Gasteiger partial charge >= 0.3 is 0 Å². The highest BCUT2D eigenvalue weighted by molar-refractivity contribution is 9.10. The SMILES string of the molecule is N#Cc1ccncc1Oc1cc(F)ccc1Br. The van der Waals surface area contributed by atoms with Crippen LogP contribution in [0.5, 0.6) is 11.5 Å². The third-order valence-electron chi connectivity index (χ3n) is 2.02. The molecule has 1 heterocycles. The molecule has 1 aromatic carbocycles. The fraction of sp³-hybridized carbons (Fsp3) is 0. The Hall–Kier alpha value is -1.93. The summed E-state index contributed by atoms with van der Waals surface area (Å²) >= 11 is 3.24. The van der Waals surface area contributed by atoms with E-state index < -0.39 is 5.82 Å². The van der Waals surface area contributed by atoms with Gasteiger partial charge in [-0.2, -0.15) is 5.26 Å². The van der Waals surface area contributed by atoms with Crippen LogP contribution in [0.25, 0.3) is 0 Å². The molecule has 0 radical (unpaired) electrons. The summed E-state index contributed by atoms with van der Waals surface area (Å²) in [6, 6.07) is 7.59. The van der Waals surface area contributed by atoms with Crippen LogP contribution in [0.3, 0.4) is 0 Å². The molecule has 0 saturated heterocycles. The van der Waals surface area contributed by atoms with Crippen LogP contribution in [0.1, 0.15) is 5.56 Å². The van der Waals surface area contributed by atoms with Gasteiger partial charge in [0.1, 0.15) is 17.6 Å². The van der Waals surface area contributed by atoms with E-state index in [2.05, 4.69) is 20.9 Å². The molecule has 0 N–H and O–H groups in total. The molecule has 5 heteroatoms. The number of rotatable bonds is 2. The molecule has 0 bridgehead atoms. The maximum atomic E-state index is 13.1. The van der Waals surface area contributed by atoms with Crippen molar-refractivity contribution >= 4 is 15.9 Å². The van der Waals surface area contributed by atoms with Crippen molar-refractivity contribution in [3.05, 3.63) is 52.5 Å². The molecule has 17 heavy (non-hydrogen) atoms. The van der Waals surface area contributed by atoms with Gasteiger partial charge in [-0.3, -0.25) is 4.98 Å². The Kier molecular flexibility index (Phi) is 3.35. The molecule has 1 aromatic heterocycles. The van der Waals surface area contributed by atoms with Gasteiger partial charge in [-0.1, -0.05) is 0 Å². The minimum atomic E-state index is -0.411. The molecule has 0 fully saturated rings. The van der Waals surface area contributed by atoms with Crippen molar-refractivity contribution < 1.29 is 9.13 Å². The number of nitrogens with zero attached hydrogens (tertiary/aromatic N) is 2. The highest BCUT2D eigenvalue weighted by Crippen LogP contribution is 2.31. The van der Waals surface area contributed by atoms with E-state index in [-0.39, 0.29) is 0 Å². The Labute approximate surface area is 106 Å². The van der Waals surface area contributed by atoms with E-state index >= 15 is 0 Å². The van der Waals surface area contributed by atoms with Crippen LogP contribution in [0.2, 0.25) is 0 Å². The van der Waals surface area contributed by atoms with Crippen molar-refractivity contribution in [1.82, 2.24) is 4.98 Å². The zero-order valence-electron chi connectivity index (χ0n) is 8.52. The molecule has 0 atom stereocenters. The summed E-state index contributed by atoms with van der Waals surface area (Å²) in [4.78, 5) is 3.86. The number of ether oxygens (including phenoxy) is 1. The second-order valence-corrected chi connectivity index (χ2v) is 4.01. The smallest absolute Gasteiger partial charge is 0.163 e. The molecule has 84 valence electrons. The average Bonchev–Trinajstić information content (AvgIpc) is 2.34. The molecule has 0 saturated carbocycles. The largest absolute Gasteiger partial charge is 0.453 e. The van der Waals surface area contributed by atoms with Gasteiger partial charge in [-0.25, -0.2) is 4.39 Å². The first-order chi connectivity index (χ1) is 8.20. The van der Waals surface area contributed by atoms with E-state index in [1.54, 1.807) is 0 Å². The first kappa shape index (κ1) is 11.6. The van der Waals surface area contributed by atoms with Crippen LogP contribution in [0, 0.1) is 17.1 Å².